The Kier molecular flexibility index (Phi) is 9.43. The molecule has 3 fully saturated rings. The van der Waals surface area contributed by atoms with Gasteiger partial charge in [-0.05, 0) is 57.5 Å². The monoisotopic (exact) mass is 541 g/mol. The van der Waals surface area contributed by atoms with Gasteiger partial charge in [0.15, 0.2) is 5.96 Å². The van der Waals surface area contributed by atoms with Crippen LogP contribution < -0.4 is 5.32 Å². The Bertz CT molecular complexity index is 704. The first-order valence-corrected chi connectivity index (χ1v) is 11.8. The van der Waals surface area contributed by atoms with Gasteiger partial charge in [-0.2, -0.15) is 0 Å². The summed E-state index contributed by atoms with van der Waals surface area (Å²) in [6.07, 6.45) is 3.68. The molecule has 31 heavy (non-hydrogen) atoms. The number of likely N-dealkylation sites (tertiary alicyclic amines) is 1. The van der Waals surface area contributed by atoms with E-state index in [1.165, 1.54) is 50.0 Å². The van der Waals surface area contributed by atoms with Crippen molar-refractivity contribution < 1.29 is 4.74 Å². The van der Waals surface area contributed by atoms with E-state index in [9.17, 15) is 0 Å². The smallest absolute Gasteiger partial charge is 0.194 e. The number of halogens is 1. The lowest BCUT2D eigenvalue weighted by atomic mass is 9.87. The minimum Gasteiger partial charge on any atom is -0.381 e. The molecule has 0 aromatic heterocycles. The minimum atomic E-state index is 0. The van der Waals surface area contributed by atoms with Crippen molar-refractivity contribution >= 4 is 29.9 Å². The summed E-state index contributed by atoms with van der Waals surface area (Å²) in [7, 11) is 2.23. The summed E-state index contributed by atoms with van der Waals surface area (Å²) < 4.78 is 5.68. The fourth-order valence-electron chi connectivity index (χ4n) is 4.95. The Labute approximate surface area is 205 Å². The van der Waals surface area contributed by atoms with Crippen molar-refractivity contribution in [1.82, 2.24) is 20.0 Å². The van der Waals surface area contributed by atoms with Crippen molar-refractivity contribution in [1.29, 1.82) is 0 Å². The predicted octanol–water partition coefficient (Wildman–Crippen LogP) is 3.02. The van der Waals surface area contributed by atoms with E-state index in [0.29, 0.717) is 5.41 Å². The average molecular weight is 542 g/mol. The van der Waals surface area contributed by atoms with Gasteiger partial charge in [0.1, 0.15) is 0 Å². The zero-order valence-corrected chi connectivity index (χ0v) is 21.6. The standard InChI is InChI=1S/C24H39N5O.HI/c1-3-25-23(29-13-9-24(19-29)10-16-30-20-24)26-17-21-5-7-22(8-6-21)18-28-12-4-11-27(2)14-15-28;/h5-8H,3-4,9-20H2,1-2H3,(H,25,26);1H. The van der Waals surface area contributed by atoms with Crippen molar-refractivity contribution in [3.05, 3.63) is 35.4 Å². The van der Waals surface area contributed by atoms with Crippen LogP contribution in [0.15, 0.2) is 29.3 Å². The van der Waals surface area contributed by atoms with Crippen LogP contribution in [-0.4, -0.2) is 86.7 Å². The maximum atomic E-state index is 5.68. The van der Waals surface area contributed by atoms with Gasteiger partial charge < -0.3 is 19.9 Å². The summed E-state index contributed by atoms with van der Waals surface area (Å²) in [6, 6.07) is 9.07. The molecule has 3 aliphatic heterocycles. The Balaban J connectivity index is 0.00000272. The van der Waals surface area contributed by atoms with Gasteiger partial charge in [-0.1, -0.05) is 24.3 Å². The molecule has 1 unspecified atom stereocenters. The summed E-state index contributed by atoms with van der Waals surface area (Å²) in [5, 5.41) is 3.50. The molecule has 7 heteroatoms. The molecular weight excluding hydrogens is 501 g/mol. The van der Waals surface area contributed by atoms with E-state index in [-0.39, 0.29) is 24.0 Å². The number of hydrogen-bond acceptors (Lipinski definition) is 4. The molecule has 1 spiro atoms. The number of ether oxygens (including phenoxy) is 1. The topological polar surface area (TPSA) is 43.3 Å². The normalized spacial score (nSPS) is 25.6. The first-order valence-electron chi connectivity index (χ1n) is 11.8. The van der Waals surface area contributed by atoms with E-state index in [1.807, 2.05) is 0 Å². The van der Waals surface area contributed by atoms with E-state index in [0.717, 1.165) is 58.4 Å². The largest absolute Gasteiger partial charge is 0.381 e. The number of nitrogens with one attached hydrogen (secondary N) is 1. The predicted molar refractivity (Wildman–Crippen MR) is 138 cm³/mol. The van der Waals surface area contributed by atoms with Gasteiger partial charge in [0, 0.05) is 51.3 Å². The van der Waals surface area contributed by atoms with Gasteiger partial charge in [0.05, 0.1) is 13.2 Å². The molecule has 3 heterocycles. The van der Waals surface area contributed by atoms with Gasteiger partial charge in [-0.3, -0.25) is 4.90 Å². The molecule has 6 nitrogen and oxygen atoms in total. The highest BCUT2D eigenvalue weighted by Gasteiger charge is 2.42. The number of hydrogen-bond donors (Lipinski definition) is 1. The summed E-state index contributed by atoms with van der Waals surface area (Å²) in [6.45, 7) is 13.6. The number of rotatable bonds is 5. The Morgan fingerprint density at radius 3 is 2.61 bits per heavy atom. The first-order chi connectivity index (χ1) is 14.7. The maximum absolute atomic E-state index is 5.68. The van der Waals surface area contributed by atoms with Crippen LogP contribution in [0.2, 0.25) is 0 Å². The molecule has 1 atom stereocenters. The molecular formula is C24H40IN5O. The van der Waals surface area contributed by atoms with Crippen LogP contribution >= 0.6 is 24.0 Å². The third-order valence-corrected chi connectivity index (χ3v) is 6.91. The molecule has 0 bridgehead atoms. The second-order valence-electron chi connectivity index (χ2n) is 9.39. The van der Waals surface area contributed by atoms with Gasteiger partial charge in [0.2, 0.25) is 0 Å². The van der Waals surface area contributed by atoms with E-state index >= 15 is 0 Å². The second-order valence-corrected chi connectivity index (χ2v) is 9.39. The molecule has 1 N–H and O–H groups in total. The Morgan fingerprint density at radius 1 is 1.06 bits per heavy atom. The van der Waals surface area contributed by atoms with Gasteiger partial charge in [-0.15, -0.1) is 24.0 Å². The lowest BCUT2D eigenvalue weighted by Crippen LogP contribution is -2.41. The molecule has 1 aromatic rings. The number of likely N-dealkylation sites (N-methyl/N-ethyl adjacent to an activating group) is 1. The molecule has 4 rings (SSSR count). The third kappa shape index (κ3) is 6.79. The van der Waals surface area contributed by atoms with Crippen molar-refractivity contribution in [2.45, 2.75) is 39.3 Å². The SMILES string of the molecule is CCNC(=NCc1ccc(CN2CCCN(C)CC2)cc1)N1CCC2(CCOC2)C1.I. The highest BCUT2D eigenvalue weighted by molar-refractivity contribution is 14.0. The Hall–Kier alpha value is -0.900. The fraction of sp³-hybridized carbons (Fsp3) is 0.708. The van der Waals surface area contributed by atoms with Crippen molar-refractivity contribution in [2.24, 2.45) is 10.4 Å². The van der Waals surface area contributed by atoms with Crippen LogP contribution in [0.25, 0.3) is 0 Å². The van der Waals surface area contributed by atoms with E-state index < -0.39 is 0 Å². The molecule has 174 valence electrons. The van der Waals surface area contributed by atoms with Gasteiger partial charge >= 0.3 is 0 Å². The third-order valence-electron chi connectivity index (χ3n) is 6.91. The number of benzene rings is 1. The molecule has 3 saturated heterocycles. The average Bonchev–Trinajstić information content (AvgIpc) is 3.34. The minimum absolute atomic E-state index is 0. The van der Waals surface area contributed by atoms with Gasteiger partial charge in [0.25, 0.3) is 0 Å². The number of nitrogens with zero attached hydrogens (tertiary/aromatic N) is 4. The van der Waals surface area contributed by atoms with E-state index in [2.05, 4.69) is 58.3 Å². The van der Waals surface area contributed by atoms with Crippen LogP contribution in [0.1, 0.15) is 37.3 Å². The van der Waals surface area contributed by atoms with Crippen molar-refractivity contribution in [3.63, 3.8) is 0 Å². The molecule has 0 radical (unpaired) electrons. The summed E-state index contributed by atoms with van der Waals surface area (Å²) >= 11 is 0. The lowest BCUT2D eigenvalue weighted by Gasteiger charge is -2.25. The summed E-state index contributed by atoms with van der Waals surface area (Å²) in [4.78, 5) is 12.4. The highest BCUT2D eigenvalue weighted by Crippen LogP contribution is 2.38. The van der Waals surface area contributed by atoms with Crippen LogP contribution in [0.5, 0.6) is 0 Å². The second kappa shape index (κ2) is 11.8. The van der Waals surface area contributed by atoms with Crippen LogP contribution in [-0.2, 0) is 17.8 Å². The Morgan fingerprint density at radius 2 is 1.87 bits per heavy atom. The highest BCUT2D eigenvalue weighted by atomic mass is 127. The van der Waals surface area contributed by atoms with E-state index in [1.54, 1.807) is 0 Å². The molecule has 0 amide bonds. The van der Waals surface area contributed by atoms with Crippen LogP contribution in [0.3, 0.4) is 0 Å². The van der Waals surface area contributed by atoms with Crippen LogP contribution in [0, 0.1) is 5.41 Å². The summed E-state index contributed by atoms with van der Waals surface area (Å²) in [5.74, 6) is 1.05. The zero-order chi connectivity index (χ0) is 20.8. The lowest BCUT2D eigenvalue weighted by molar-refractivity contribution is 0.156. The molecule has 3 aliphatic rings. The zero-order valence-electron chi connectivity index (χ0n) is 19.3. The molecule has 0 aliphatic carbocycles. The van der Waals surface area contributed by atoms with E-state index in [4.69, 9.17) is 9.73 Å². The molecule has 1 aromatic carbocycles. The van der Waals surface area contributed by atoms with Gasteiger partial charge in [-0.25, -0.2) is 4.99 Å². The van der Waals surface area contributed by atoms with Crippen LogP contribution in [0.4, 0.5) is 0 Å². The molecule has 0 saturated carbocycles. The quantitative estimate of drug-likeness (QED) is 0.353. The van der Waals surface area contributed by atoms with Crippen molar-refractivity contribution in [3.8, 4) is 0 Å². The number of guanidine groups is 1. The maximum Gasteiger partial charge on any atom is 0.194 e. The first kappa shape index (κ1) is 24.7. The number of aliphatic imine (C=N–C) groups is 1. The van der Waals surface area contributed by atoms with Crippen molar-refractivity contribution in [2.75, 3.05) is 66.1 Å². The summed E-state index contributed by atoms with van der Waals surface area (Å²) in [5.41, 5.74) is 3.05. The fourth-order valence-corrected chi connectivity index (χ4v) is 4.95.